The van der Waals surface area contributed by atoms with Crippen LogP contribution in [0.25, 0.3) is 0 Å². The second kappa shape index (κ2) is 7.37. The highest BCUT2D eigenvalue weighted by molar-refractivity contribution is 5.92. The number of rotatable bonds is 4. The number of ether oxygens (including phenoxy) is 1. The van der Waals surface area contributed by atoms with Crippen molar-refractivity contribution in [3.8, 4) is 12.1 Å². The van der Waals surface area contributed by atoms with E-state index in [1.54, 1.807) is 13.0 Å². The number of carbonyl (C=O) groups excluding carboxylic acids is 1. The minimum atomic E-state index is -0.644. The molecule has 114 valence electrons. The zero-order valence-electron chi connectivity index (χ0n) is 12.4. The number of hydrogen-bond donors (Lipinski definition) is 1. The second-order valence-corrected chi connectivity index (χ2v) is 5.04. The van der Waals surface area contributed by atoms with E-state index in [0.717, 1.165) is 25.7 Å². The molecule has 1 aliphatic carbocycles. The number of esters is 1. The van der Waals surface area contributed by atoms with Crippen molar-refractivity contribution in [1.82, 2.24) is 9.97 Å². The van der Waals surface area contributed by atoms with E-state index in [1.807, 2.05) is 6.07 Å². The third-order valence-electron chi connectivity index (χ3n) is 3.52. The molecule has 7 heteroatoms. The summed E-state index contributed by atoms with van der Waals surface area (Å²) >= 11 is 0. The average molecular weight is 299 g/mol. The molecule has 0 unspecified atom stereocenters. The Bertz CT molecular complexity index is 639. The van der Waals surface area contributed by atoms with Crippen LogP contribution in [0.2, 0.25) is 0 Å². The molecule has 0 spiro atoms. The van der Waals surface area contributed by atoms with E-state index in [1.165, 1.54) is 6.42 Å². The van der Waals surface area contributed by atoms with Crippen molar-refractivity contribution in [2.45, 2.75) is 45.1 Å². The van der Waals surface area contributed by atoms with E-state index in [0.29, 0.717) is 0 Å². The van der Waals surface area contributed by atoms with Gasteiger partial charge in [0.25, 0.3) is 0 Å². The zero-order chi connectivity index (χ0) is 15.9. The van der Waals surface area contributed by atoms with Gasteiger partial charge in [0.15, 0.2) is 22.9 Å². The molecule has 1 aromatic rings. The highest BCUT2D eigenvalue weighted by Gasteiger charge is 2.23. The first-order valence-corrected chi connectivity index (χ1v) is 7.35. The van der Waals surface area contributed by atoms with Crippen molar-refractivity contribution in [2.75, 3.05) is 11.9 Å². The predicted octanol–water partition coefficient (Wildman–Crippen LogP) is 2.14. The van der Waals surface area contributed by atoms with Crippen LogP contribution >= 0.6 is 0 Å². The lowest BCUT2D eigenvalue weighted by atomic mass is 9.95. The van der Waals surface area contributed by atoms with E-state index < -0.39 is 5.97 Å². The van der Waals surface area contributed by atoms with Crippen LogP contribution in [0, 0.1) is 22.7 Å². The Morgan fingerprint density at radius 3 is 2.45 bits per heavy atom. The maximum absolute atomic E-state index is 12.0. The molecule has 2 rings (SSSR count). The number of nitrogens with zero attached hydrogens (tertiary/aromatic N) is 4. The molecule has 0 saturated heterocycles. The Morgan fingerprint density at radius 2 is 1.86 bits per heavy atom. The molecule has 1 N–H and O–H groups in total. The highest BCUT2D eigenvalue weighted by Crippen LogP contribution is 2.23. The summed E-state index contributed by atoms with van der Waals surface area (Å²) in [6.07, 6.45) is 5.38. The Kier molecular flexibility index (Phi) is 5.26. The Labute approximate surface area is 128 Å². The molecule has 1 heterocycles. The van der Waals surface area contributed by atoms with E-state index in [-0.39, 0.29) is 35.5 Å². The Balaban J connectivity index is 2.37. The lowest BCUT2D eigenvalue weighted by Gasteiger charge is -2.24. The van der Waals surface area contributed by atoms with Crippen LogP contribution in [0.4, 0.5) is 5.82 Å². The first kappa shape index (κ1) is 15.7. The van der Waals surface area contributed by atoms with Crippen molar-refractivity contribution in [1.29, 1.82) is 10.5 Å². The van der Waals surface area contributed by atoms with Gasteiger partial charge in [-0.2, -0.15) is 10.5 Å². The summed E-state index contributed by atoms with van der Waals surface area (Å²) < 4.78 is 4.96. The predicted molar refractivity (Wildman–Crippen MR) is 77.9 cm³/mol. The SMILES string of the molecule is CCOC(=O)c1nc(C#N)c(C#N)nc1NC1CCCCC1. The fraction of sp³-hybridized carbons (Fsp3) is 0.533. The van der Waals surface area contributed by atoms with E-state index in [2.05, 4.69) is 15.3 Å². The third-order valence-corrected chi connectivity index (χ3v) is 3.52. The monoisotopic (exact) mass is 299 g/mol. The molecule has 0 aliphatic heterocycles. The number of aromatic nitrogens is 2. The van der Waals surface area contributed by atoms with E-state index in [9.17, 15) is 4.79 Å². The molecule has 1 saturated carbocycles. The summed E-state index contributed by atoms with van der Waals surface area (Å²) in [5.74, 6) is -0.421. The number of nitrogens with one attached hydrogen (secondary N) is 1. The highest BCUT2D eigenvalue weighted by atomic mass is 16.5. The van der Waals surface area contributed by atoms with Crippen molar-refractivity contribution < 1.29 is 9.53 Å². The van der Waals surface area contributed by atoms with Gasteiger partial charge in [0.05, 0.1) is 6.61 Å². The summed E-state index contributed by atoms with van der Waals surface area (Å²) in [5, 5.41) is 21.3. The van der Waals surface area contributed by atoms with Crippen LogP contribution in [0.15, 0.2) is 0 Å². The van der Waals surface area contributed by atoms with Gasteiger partial charge in [-0.25, -0.2) is 14.8 Å². The minimum absolute atomic E-state index is 0.0389. The maximum Gasteiger partial charge on any atom is 0.360 e. The molecule has 0 radical (unpaired) electrons. The molecule has 1 fully saturated rings. The number of nitriles is 2. The first-order valence-electron chi connectivity index (χ1n) is 7.35. The largest absolute Gasteiger partial charge is 0.461 e. The molecule has 0 bridgehead atoms. The molecule has 22 heavy (non-hydrogen) atoms. The number of carbonyl (C=O) groups is 1. The molecule has 0 amide bonds. The molecular weight excluding hydrogens is 282 g/mol. The Morgan fingerprint density at radius 1 is 1.23 bits per heavy atom. The van der Waals surface area contributed by atoms with E-state index >= 15 is 0 Å². The summed E-state index contributed by atoms with van der Waals surface area (Å²) in [6.45, 7) is 1.89. The van der Waals surface area contributed by atoms with Gasteiger partial charge in [-0.15, -0.1) is 0 Å². The molecule has 7 nitrogen and oxygen atoms in total. The van der Waals surface area contributed by atoms with Crippen molar-refractivity contribution in [3.63, 3.8) is 0 Å². The quantitative estimate of drug-likeness (QED) is 0.847. The molecule has 0 atom stereocenters. The summed E-state index contributed by atoms with van der Waals surface area (Å²) in [6, 6.07) is 3.81. The fourth-order valence-corrected chi connectivity index (χ4v) is 2.47. The third kappa shape index (κ3) is 3.50. The summed E-state index contributed by atoms with van der Waals surface area (Å²) in [4.78, 5) is 20.1. The zero-order valence-corrected chi connectivity index (χ0v) is 12.4. The van der Waals surface area contributed by atoms with Gasteiger partial charge < -0.3 is 10.1 Å². The molecular formula is C15H17N5O2. The van der Waals surface area contributed by atoms with Gasteiger partial charge in [-0.05, 0) is 19.8 Å². The van der Waals surface area contributed by atoms with Gasteiger partial charge in [0, 0.05) is 6.04 Å². The van der Waals surface area contributed by atoms with Crippen LogP contribution in [-0.2, 0) is 4.74 Å². The summed E-state index contributed by atoms with van der Waals surface area (Å²) in [7, 11) is 0. The fourth-order valence-electron chi connectivity index (χ4n) is 2.47. The van der Waals surface area contributed by atoms with E-state index in [4.69, 9.17) is 15.3 Å². The topological polar surface area (TPSA) is 112 Å². The number of hydrogen-bond acceptors (Lipinski definition) is 7. The average Bonchev–Trinajstić information content (AvgIpc) is 2.55. The van der Waals surface area contributed by atoms with Crippen LogP contribution in [0.5, 0.6) is 0 Å². The standard InChI is InChI=1S/C15H17N5O2/c1-2-22-15(21)13-14(18-10-6-4-3-5-7-10)20-12(9-17)11(8-16)19-13/h10H,2-7H2,1H3,(H,18,20). The van der Waals surface area contributed by atoms with Crippen molar-refractivity contribution in [2.24, 2.45) is 0 Å². The van der Waals surface area contributed by atoms with Crippen molar-refractivity contribution >= 4 is 11.8 Å². The van der Waals surface area contributed by atoms with Gasteiger partial charge >= 0.3 is 5.97 Å². The molecule has 1 aromatic heterocycles. The van der Waals surface area contributed by atoms with Crippen LogP contribution in [-0.4, -0.2) is 28.6 Å². The number of anilines is 1. The Hall–Kier alpha value is -2.67. The van der Waals surface area contributed by atoms with Gasteiger partial charge in [0.1, 0.15) is 12.1 Å². The van der Waals surface area contributed by atoms with Gasteiger partial charge in [-0.1, -0.05) is 19.3 Å². The minimum Gasteiger partial charge on any atom is -0.461 e. The lowest BCUT2D eigenvalue weighted by molar-refractivity contribution is 0.0520. The second-order valence-electron chi connectivity index (χ2n) is 5.04. The molecule has 1 aliphatic rings. The van der Waals surface area contributed by atoms with Crippen LogP contribution in [0.1, 0.15) is 60.9 Å². The van der Waals surface area contributed by atoms with Crippen molar-refractivity contribution in [3.05, 3.63) is 17.1 Å². The van der Waals surface area contributed by atoms with Crippen LogP contribution < -0.4 is 5.32 Å². The van der Waals surface area contributed by atoms with Crippen LogP contribution in [0.3, 0.4) is 0 Å². The molecule has 0 aromatic carbocycles. The first-order chi connectivity index (χ1) is 10.7. The normalized spacial score (nSPS) is 14.7. The maximum atomic E-state index is 12.0. The van der Waals surface area contributed by atoms with Gasteiger partial charge in [-0.3, -0.25) is 0 Å². The lowest BCUT2D eigenvalue weighted by Crippen LogP contribution is -2.25. The summed E-state index contributed by atoms with van der Waals surface area (Å²) in [5.41, 5.74) is -0.295. The van der Waals surface area contributed by atoms with Gasteiger partial charge in [0.2, 0.25) is 0 Å². The smallest absolute Gasteiger partial charge is 0.360 e.